The molecule has 126 valence electrons. The lowest BCUT2D eigenvalue weighted by Crippen LogP contribution is -2.51. The van der Waals surface area contributed by atoms with Crippen molar-refractivity contribution in [1.82, 2.24) is 9.80 Å². The van der Waals surface area contributed by atoms with Crippen LogP contribution >= 0.6 is 11.6 Å². The summed E-state index contributed by atoms with van der Waals surface area (Å²) in [4.78, 5) is 30.2. The first-order valence-corrected chi connectivity index (χ1v) is 8.34. The molecule has 5 nitrogen and oxygen atoms in total. The number of carbonyl (C=O) groups is 2. The molecule has 0 radical (unpaired) electrons. The standard InChI is InChI=1S/C17H24ClN3O2/c1-4-19-7-9-20(10-8-19)17(23)12-21(14(3)22)16-6-5-15(18)11-13(16)2/h5-6,11H,4,7-10,12H2,1-3H3. The summed E-state index contributed by atoms with van der Waals surface area (Å²) in [6.45, 7) is 9.80. The zero-order valence-corrected chi connectivity index (χ0v) is 14.8. The maximum absolute atomic E-state index is 12.5. The fraction of sp³-hybridized carbons (Fsp3) is 0.529. The Bertz CT molecular complexity index is 583. The molecule has 0 atom stereocenters. The zero-order valence-electron chi connectivity index (χ0n) is 14.0. The van der Waals surface area contributed by atoms with Crippen molar-refractivity contribution in [3.8, 4) is 0 Å². The molecule has 0 aliphatic carbocycles. The molecule has 2 amide bonds. The third kappa shape index (κ3) is 4.45. The number of carbonyl (C=O) groups excluding carboxylic acids is 2. The molecule has 2 rings (SSSR count). The van der Waals surface area contributed by atoms with Crippen LogP contribution in [0.15, 0.2) is 18.2 Å². The van der Waals surface area contributed by atoms with E-state index in [-0.39, 0.29) is 18.4 Å². The SMILES string of the molecule is CCN1CCN(C(=O)CN(C(C)=O)c2ccc(Cl)cc2C)CC1. The summed E-state index contributed by atoms with van der Waals surface area (Å²) in [5.74, 6) is -0.152. The number of hydrogen-bond acceptors (Lipinski definition) is 3. The largest absolute Gasteiger partial charge is 0.339 e. The third-order valence-electron chi connectivity index (χ3n) is 4.30. The second-order valence-electron chi connectivity index (χ2n) is 5.85. The van der Waals surface area contributed by atoms with Crippen LogP contribution < -0.4 is 4.90 Å². The van der Waals surface area contributed by atoms with E-state index < -0.39 is 0 Å². The van der Waals surface area contributed by atoms with Gasteiger partial charge in [-0.3, -0.25) is 9.59 Å². The van der Waals surface area contributed by atoms with E-state index in [9.17, 15) is 9.59 Å². The maximum atomic E-state index is 12.5. The first kappa shape index (κ1) is 17.8. The van der Waals surface area contributed by atoms with Crippen LogP contribution in [0.4, 0.5) is 5.69 Å². The van der Waals surface area contributed by atoms with Gasteiger partial charge in [0.25, 0.3) is 0 Å². The molecule has 6 heteroatoms. The molecule has 1 aromatic rings. The molecular weight excluding hydrogens is 314 g/mol. The molecule has 1 saturated heterocycles. The predicted molar refractivity (Wildman–Crippen MR) is 92.9 cm³/mol. The Balaban J connectivity index is 2.08. The minimum absolute atomic E-state index is 0.00898. The molecule has 0 unspecified atom stereocenters. The van der Waals surface area contributed by atoms with E-state index in [1.807, 2.05) is 11.8 Å². The van der Waals surface area contributed by atoms with Gasteiger partial charge in [0.1, 0.15) is 6.54 Å². The number of rotatable bonds is 4. The summed E-state index contributed by atoms with van der Waals surface area (Å²) in [5.41, 5.74) is 1.62. The molecule has 0 aromatic heterocycles. The van der Waals surface area contributed by atoms with E-state index in [0.29, 0.717) is 5.02 Å². The van der Waals surface area contributed by atoms with Crippen molar-refractivity contribution in [2.24, 2.45) is 0 Å². The lowest BCUT2D eigenvalue weighted by atomic mass is 10.1. The molecule has 23 heavy (non-hydrogen) atoms. The molecular formula is C17H24ClN3O2. The second-order valence-corrected chi connectivity index (χ2v) is 6.29. The monoisotopic (exact) mass is 337 g/mol. The molecule has 1 aliphatic heterocycles. The number of halogens is 1. The topological polar surface area (TPSA) is 43.9 Å². The van der Waals surface area contributed by atoms with E-state index in [4.69, 9.17) is 11.6 Å². The summed E-state index contributed by atoms with van der Waals surface area (Å²) in [6.07, 6.45) is 0. The second kappa shape index (κ2) is 7.79. The fourth-order valence-electron chi connectivity index (χ4n) is 2.84. The molecule has 1 aliphatic rings. The van der Waals surface area contributed by atoms with Crippen molar-refractivity contribution in [2.75, 3.05) is 44.2 Å². The highest BCUT2D eigenvalue weighted by molar-refractivity contribution is 6.30. The minimum atomic E-state index is -0.143. The fourth-order valence-corrected chi connectivity index (χ4v) is 3.06. The Morgan fingerprint density at radius 2 is 1.87 bits per heavy atom. The molecule has 1 heterocycles. The van der Waals surface area contributed by atoms with Gasteiger partial charge in [-0.15, -0.1) is 0 Å². The van der Waals surface area contributed by atoms with Gasteiger partial charge in [-0.2, -0.15) is 0 Å². The highest BCUT2D eigenvalue weighted by atomic mass is 35.5. The van der Waals surface area contributed by atoms with E-state index in [2.05, 4.69) is 11.8 Å². The number of likely N-dealkylation sites (N-methyl/N-ethyl adjacent to an activating group) is 1. The number of piperazine rings is 1. The number of benzene rings is 1. The van der Waals surface area contributed by atoms with Gasteiger partial charge >= 0.3 is 0 Å². The summed E-state index contributed by atoms with van der Waals surface area (Å²) in [6, 6.07) is 5.34. The lowest BCUT2D eigenvalue weighted by molar-refractivity contribution is -0.132. The van der Waals surface area contributed by atoms with Crippen LogP contribution in [0.25, 0.3) is 0 Å². The molecule has 0 spiro atoms. The highest BCUT2D eigenvalue weighted by Gasteiger charge is 2.24. The van der Waals surface area contributed by atoms with Gasteiger partial charge in [0.15, 0.2) is 0 Å². The summed E-state index contributed by atoms with van der Waals surface area (Å²) >= 11 is 5.97. The Hall–Kier alpha value is -1.59. The Morgan fingerprint density at radius 3 is 2.39 bits per heavy atom. The van der Waals surface area contributed by atoms with Crippen molar-refractivity contribution >= 4 is 29.1 Å². The molecule has 0 N–H and O–H groups in total. The third-order valence-corrected chi connectivity index (χ3v) is 4.53. The Morgan fingerprint density at radius 1 is 1.22 bits per heavy atom. The van der Waals surface area contributed by atoms with E-state index >= 15 is 0 Å². The van der Waals surface area contributed by atoms with E-state index in [1.54, 1.807) is 18.2 Å². The van der Waals surface area contributed by atoms with Crippen LogP contribution in [-0.4, -0.2) is 60.9 Å². The Kier molecular flexibility index (Phi) is 6.02. The molecule has 0 bridgehead atoms. The lowest BCUT2D eigenvalue weighted by Gasteiger charge is -2.35. The normalized spacial score (nSPS) is 15.6. The van der Waals surface area contributed by atoms with E-state index in [1.165, 1.54) is 11.8 Å². The van der Waals surface area contributed by atoms with Gasteiger partial charge in [0.2, 0.25) is 11.8 Å². The zero-order chi connectivity index (χ0) is 17.0. The van der Waals surface area contributed by atoms with Crippen LogP contribution in [0.1, 0.15) is 19.4 Å². The minimum Gasteiger partial charge on any atom is -0.339 e. The number of hydrogen-bond donors (Lipinski definition) is 0. The van der Waals surface area contributed by atoms with Gasteiger partial charge in [0.05, 0.1) is 0 Å². The Labute approximate surface area is 142 Å². The summed E-state index contributed by atoms with van der Waals surface area (Å²) in [7, 11) is 0. The number of nitrogens with zero attached hydrogens (tertiary/aromatic N) is 3. The van der Waals surface area contributed by atoms with Crippen LogP contribution in [0, 0.1) is 6.92 Å². The molecule has 1 fully saturated rings. The predicted octanol–water partition coefficient (Wildman–Crippen LogP) is 2.17. The van der Waals surface area contributed by atoms with Gasteiger partial charge < -0.3 is 14.7 Å². The van der Waals surface area contributed by atoms with Crippen LogP contribution in [0.2, 0.25) is 5.02 Å². The number of aryl methyl sites for hydroxylation is 1. The molecule has 1 aromatic carbocycles. The van der Waals surface area contributed by atoms with Crippen molar-refractivity contribution in [2.45, 2.75) is 20.8 Å². The first-order valence-electron chi connectivity index (χ1n) is 7.96. The quantitative estimate of drug-likeness (QED) is 0.845. The van der Waals surface area contributed by atoms with Gasteiger partial charge in [-0.05, 0) is 37.2 Å². The van der Waals surface area contributed by atoms with Crippen molar-refractivity contribution < 1.29 is 9.59 Å². The van der Waals surface area contributed by atoms with Gasteiger partial charge in [0, 0.05) is 43.8 Å². The average molecular weight is 338 g/mol. The van der Waals surface area contributed by atoms with Gasteiger partial charge in [-0.25, -0.2) is 0 Å². The summed E-state index contributed by atoms with van der Waals surface area (Å²) in [5, 5.41) is 0.622. The van der Waals surface area contributed by atoms with Gasteiger partial charge in [-0.1, -0.05) is 18.5 Å². The maximum Gasteiger partial charge on any atom is 0.242 e. The average Bonchev–Trinajstić information content (AvgIpc) is 2.53. The van der Waals surface area contributed by atoms with Crippen LogP contribution in [0.3, 0.4) is 0 Å². The van der Waals surface area contributed by atoms with Crippen molar-refractivity contribution in [3.63, 3.8) is 0 Å². The molecule has 0 saturated carbocycles. The van der Waals surface area contributed by atoms with Crippen LogP contribution in [-0.2, 0) is 9.59 Å². The van der Waals surface area contributed by atoms with Crippen molar-refractivity contribution in [3.05, 3.63) is 28.8 Å². The summed E-state index contributed by atoms with van der Waals surface area (Å²) < 4.78 is 0. The van der Waals surface area contributed by atoms with E-state index in [0.717, 1.165) is 44.0 Å². The first-order chi connectivity index (χ1) is 10.9. The smallest absolute Gasteiger partial charge is 0.242 e. The number of amides is 2. The number of anilines is 1. The highest BCUT2D eigenvalue weighted by Crippen LogP contribution is 2.24. The van der Waals surface area contributed by atoms with Crippen molar-refractivity contribution in [1.29, 1.82) is 0 Å². The van der Waals surface area contributed by atoms with Crippen LogP contribution in [0.5, 0.6) is 0 Å².